The Morgan fingerprint density at radius 1 is 1.29 bits per heavy atom. The Morgan fingerprint density at radius 2 is 1.71 bits per heavy atom. The molecule has 0 atom stereocenters. The number of hydrogen-bond donors (Lipinski definition) is 1. The fourth-order valence-corrected chi connectivity index (χ4v) is 1.68. The molecule has 0 radical (unpaired) electrons. The average molecular weight is 223 g/mol. The Bertz CT molecular complexity index is 238. The fourth-order valence-electron chi connectivity index (χ4n) is 0.837. The van der Waals surface area contributed by atoms with Gasteiger partial charge in [0.05, 0.1) is 0 Å². The molecular formula is C8H18NO4P. The van der Waals surface area contributed by atoms with E-state index in [2.05, 4.69) is 14.4 Å². The van der Waals surface area contributed by atoms with Crippen LogP contribution in [0.25, 0.3) is 0 Å². The summed E-state index contributed by atoms with van der Waals surface area (Å²) in [6.07, 6.45) is -0.253. The van der Waals surface area contributed by atoms with Crippen molar-refractivity contribution < 1.29 is 18.4 Å². The lowest BCUT2D eigenvalue weighted by molar-refractivity contribution is -0.120. The maximum Gasteiger partial charge on any atom is 0.339 e. The van der Waals surface area contributed by atoms with Gasteiger partial charge in [-0.3, -0.25) is 9.36 Å². The molecule has 0 rings (SSSR count). The highest BCUT2D eigenvalue weighted by Gasteiger charge is 2.27. The molecule has 0 bridgehead atoms. The highest BCUT2D eigenvalue weighted by Crippen LogP contribution is 2.45. The van der Waals surface area contributed by atoms with Crippen molar-refractivity contribution in [3.8, 4) is 0 Å². The SMILES string of the molecule is COP(=O)(CC(=O)NC(C)(C)C)OC. The summed E-state index contributed by atoms with van der Waals surface area (Å²) in [5.41, 5.74) is -0.344. The summed E-state index contributed by atoms with van der Waals surface area (Å²) in [5, 5.41) is 2.67. The van der Waals surface area contributed by atoms with E-state index in [9.17, 15) is 9.36 Å². The van der Waals surface area contributed by atoms with Gasteiger partial charge >= 0.3 is 7.60 Å². The number of rotatable bonds is 4. The first-order valence-electron chi connectivity index (χ1n) is 4.24. The molecule has 14 heavy (non-hydrogen) atoms. The summed E-state index contributed by atoms with van der Waals surface area (Å²) >= 11 is 0. The zero-order chi connectivity index (χ0) is 11.4. The topological polar surface area (TPSA) is 64.6 Å². The largest absolute Gasteiger partial charge is 0.351 e. The van der Waals surface area contributed by atoms with Gasteiger partial charge in [0, 0.05) is 19.8 Å². The van der Waals surface area contributed by atoms with Crippen LogP contribution in [0, 0.1) is 0 Å². The monoisotopic (exact) mass is 223 g/mol. The zero-order valence-corrected chi connectivity index (χ0v) is 10.2. The molecule has 0 aromatic carbocycles. The predicted molar refractivity (Wildman–Crippen MR) is 54.4 cm³/mol. The molecule has 0 saturated heterocycles. The molecule has 1 amide bonds. The second kappa shape index (κ2) is 4.91. The molecule has 0 aromatic rings. The summed E-state index contributed by atoms with van der Waals surface area (Å²) in [6.45, 7) is 5.53. The van der Waals surface area contributed by atoms with Crippen LogP contribution in [0.1, 0.15) is 20.8 Å². The first-order chi connectivity index (χ1) is 6.22. The Balaban J connectivity index is 4.26. The van der Waals surface area contributed by atoms with Crippen molar-refractivity contribution in [1.82, 2.24) is 5.32 Å². The number of amides is 1. The lowest BCUT2D eigenvalue weighted by Crippen LogP contribution is -2.42. The van der Waals surface area contributed by atoms with Crippen molar-refractivity contribution in [2.75, 3.05) is 20.4 Å². The van der Waals surface area contributed by atoms with Gasteiger partial charge in [-0.05, 0) is 20.8 Å². The van der Waals surface area contributed by atoms with Gasteiger partial charge < -0.3 is 14.4 Å². The van der Waals surface area contributed by atoms with E-state index in [1.807, 2.05) is 20.8 Å². The van der Waals surface area contributed by atoms with E-state index < -0.39 is 7.60 Å². The third-order valence-corrected chi connectivity index (χ3v) is 3.20. The molecule has 0 aromatic heterocycles. The normalized spacial score (nSPS) is 12.6. The van der Waals surface area contributed by atoms with Gasteiger partial charge in [0.1, 0.15) is 6.16 Å². The van der Waals surface area contributed by atoms with Crippen molar-refractivity contribution in [2.45, 2.75) is 26.3 Å². The molecule has 0 aliphatic heterocycles. The standard InChI is InChI=1S/C8H18NO4P/c1-8(2,3)9-7(10)6-14(11,12-4)13-5/h6H2,1-5H3,(H,9,10). The Labute approximate surface area is 84.7 Å². The summed E-state index contributed by atoms with van der Waals surface area (Å²) < 4.78 is 20.8. The molecule has 0 unspecified atom stereocenters. The van der Waals surface area contributed by atoms with Gasteiger partial charge in [0.15, 0.2) is 0 Å². The fraction of sp³-hybridized carbons (Fsp3) is 0.875. The molecule has 5 nitrogen and oxygen atoms in total. The van der Waals surface area contributed by atoms with Gasteiger partial charge in [0.2, 0.25) is 5.91 Å². The van der Waals surface area contributed by atoms with Gasteiger partial charge in [0.25, 0.3) is 0 Å². The molecule has 84 valence electrons. The van der Waals surface area contributed by atoms with E-state index in [0.717, 1.165) is 0 Å². The van der Waals surface area contributed by atoms with E-state index in [-0.39, 0.29) is 17.6 Å². The van der Waals surface area contributed by atoms with Gasteiger partial charge in [-0.1, -0.05) is 0 Å². The summed E-state index contributed by atoms with van der Waals surface area (Å²) in [4.78, 5) is 11.3. The van der Waals surface area contributed by atoms with Gasteiger partial charge in [-0.15, -0.1) is 0 Å². The van der Waals surface area contributed by atoms with Crippen LogP contribution in [0.15, 0.2) is 0 Å². The van der Waals surface area contributed by atoms with E-state index in [4.69, 9.17) is 0 Å². The number of hydrogen-bond acceptors (Lipinski definition) is 4. The van der Waals surface area contributed by atoms with Crippen LogP contribution in [-0.2, 0) is 18.4 Å². The molecule has 1 N–H and O–H groups in total. The van der Waals surface area contributed by atoms with Crippen molar-refractivity contribution >= 4 is 13.5 Å². The Hall–Kier alpha value is -0.380. The molecule has 0 fully saturated rings. The van der Waals surface area contributed by atoms with Gasteiger partial charge in [-0.2, -0.15) is 0 Å². The van der Waals surface area contributed by atoms with Crippen molar-refractivity contribution in [2.24, 2.45) is 0 Å². The van der Waals surface area contributed by atoms with E-state index in [0.29, 0.717) is 0 Å². The Morgan fingerprint density at radius 3 is 2.00 bits per heavy atom. The second-order valence-corrected chi connectivity index (χ2v) is 6.20. The minimum atomic E-state index is -3.24. The minimum Gasteiger partial charge on any atom is -0.351 e. The molecule has 0 saturated carbocycles. The van der Waals surface area contributed by atoms with Crippen LogP contribution in [0.3, 0.4) is 0 Å². The van der Waals surface area contributed by atoms with Crippen LogP contribution in [-0.4, -0.2) is 31.8 Å². The number of carbonyl (C=O) groups is 1. The highest BCUT2D eigenvalue weighted by atomic mass is 31.2. The smallest absolute Gasteiger partial charge is 0.339 e. The lowest BCUT2D eigenvalue weighted by Gasteiger charge is -2.21. The third kappa shape index (κ3) is 5.37. The maximum atomic E-state index is 11.5. The van der Waals surface area contributed by atoms with Crippen molar-refractivity contribution in [1.29, 1.82) is 0 Å². The minimum absolute atomic E-state index is 0.253. The van der Waals surface area contributed by atoms with Crippen LogP contribution < -0.4 is 5.32 Å². The van der Waals surface area contributed by atoms with Crippen LogP contribution in [0.5, 0.6) is 0 Å². The first-order valence-corrected chi connectivity index (χ1v) is 5.97. The van der Waals surface area contributed by atoms with E-state index >= 15 is 0 Å². The number of carbonyl (C=O) groups excluding carboxylic acids is 1. The summed E-state index contributed by atoms with van der Waals surface area (Å²) in [6, 6.07) is 0. The molecular weight excluding hydrogens is 205 g/mol. The highest BCUT2D eigenvalue weighted by molar-refractivity contribution is 7.54. The third-order valence-electron chi connectivity index (χ3n) is 1.41. The van der Waals surface area contributed by atoms with Crippen LogP contribution in [0.4, 0.5) is 0 Å². The molecule has 0 aliphatic carbocycles. The molecule has 6 heteroatoms. The Kier molecular flexibility index (Phi) is 4.78. The molecule has 0 aliphatic rings. The maximum absolute atomic E-state index is 11.5. The van der Waals surface area contributed by atoms with Crippen LogP contribution in [0.2, 0.25) is 0 Å². The first kappa shape index (κ1) is 13.6. The molecule has 0 heterocycles. The molecule has 0 spiro atoms. The van der Waals surface area contributed by atoms with E-state index in [1.54, 1.807) is 0 Å². The van der Waals surface area contributed by atoms with Crippen molar-refractivity contribution in [3.05, 3.63) is 0 Å². The van der Waals surface area contributed by atoms with Crippen LogP contribution >= 0.6 is 7.60 Å². The quantitative estimate of drug-likeness (QED) is 0.731. The summed E-state index contributed by atoms with van der Waals surface area (Å²) in [7, 11) is -0.718. The zero-order valence-electron chi connectivity index (χ0n) is 9.29. The van der Waals surface area contributed by atoms with Crippen molar-refractivity contribution in [3.63, 3.8) is 0 Å². The second-order valence-electron chi connectivity index (χ2n) is 3.93. The van der Waals surface area contributed by atoms with Gasteiger partial charge in [-0.25, -0.2) is 0 Å². The predicted octanol–water partition coefficient (Wildman–Crippen LogP) is 1.39. The van der Waals surface area contributed by atoms with E-state index in [1.165, 1.54) is 14.2 Å². The summed E-state index contributed by atoms with van der Waals surface area (Å²) in [5.74, 6) is -0.343. The average Bonchev–Trinajstić information content (AvgIpc) is 2.00. The lowest BCUT2D eigenvalue weighted by atomic mass is 10.1. The number of nitrogens with one attached hydrogen (secondary N) is 1.